The number of methoxy groups -OCH3 is 1. The summed E-state index contributed by atoms with van der Waals surface area (Å²) in [4.78, 5) is 24.7. The van der Waals surface area contributed by atoms with Crippen molar-refractivity contribution in [3.05, 3.63) is 82.3 Å². The van der Waals surface area contributed by atoms with Gasteiger partial charge in [-0.1, -0.05) is 28.1 Å². The van der Waals surface area contributed by atoms with Gasteiger partial charge in [0, 0.05) is 10.0 Å². The molecule has 1 N–H and O–H groups in total. The summed E-state index contributed by atoms with van der Waals surface area (Å²) in [5.41, 5.74) is 3.24. The molecule has 0 bridgehead atoms. The van der Waals surface area contributed by atoms with Crippen LogP contribution in [0.5, 0.6) is 23.0 Å². The molecule has 0 aliphatic carbocycles. The molecule has 34 heavy (non-hydrogen) atoms. The average molecular weight is 527 g/mol. The fourth-order valence-electron chi connectivity index (χ4n) is 2.81. The van der Waals surface area contributed by atoms with E-state index < -0.39 is 11.9 Å². The van der Waals surface area contributed by atoms with Crippen LogP contribution in [-0.4, -0.2) is 38.4 Å². The van der Waals surface area contributed by atoms with Crippen LogP contribution in [0, 0.1) is 0 Å². The SMILES string of the molecule is CCOc1ccc(C(=O)Oc2ccc(Br)cc2/C=N\NC(=O)COc2ccccc2OC)cc1. The van der Waals surface area contributed by atoms with Crippen LogP contribution in [0.1, 0.15) is 22.8 Å². The third-order valence-corrected chi connectivity index (χ3v) is 4.89. The second kappa shape index (κ2) is 12.4. The van der Waals surface area contributed by atoms with Crippen molar-refractivity contribution in [2.75, 3.05) is 20.3 Å². The van der Waals surface area contributed by atoms with E-state index in [0.29, 0.717) is 35.0 Å². The standard InChI is InChI=1S/C25H23BrN2O6/c1-3-32-20-11-8-17(9-12-20)25(30)34-21-13-10-19(26)14-18(21)15-27-28-24(29)16-33-23-7-5-4-6-22(23)31-2/h4-15H,3,16H2,1-2H3,(H,28,29)/b27-15-. The molecule has 0 aromatic heterocycles. The molecule has 1 amide bonds. The lowest BCUT2D eigenvalue weighted by Gasteiger charge is -2.10. The predicted octanol–water partition coefficient (Wildman–Crippen LogP) is 4.60. The average Bonchev–Trinajstić information content (AvgIpc) is 2.85. The predicted molar refractivity (Wildman–Crippen MR) is 131 cm³/mol. The number of esters is 1. The van der Waals surface area contributed by atoms with Gasteiger partial charge in [0.1, 0.15) is 11.5 Å². The molecule has 0 saturated heterocycles. The minimum absolute atomic E-state index is 0.254. The molecule has 0 aliphatic heterocycles. The van der Waals surface area contributed by atoms with Crippen LogP contribution in [-0.2, 0) is 4.79 Å². The Morgan fingerprint density at radius 1 is 0.971 bits per heavy atom. The van der Waals surface area contributed by atoms with Gasteiger partial charge in [-0.05, 0) is 61.5 Å². The Morgan fingerprint density at radius 3 is 2.41 bits per heavy atom. The number of halogens is 1. The van der Waals surface area contributed by atoms with E-state index in [1.54, 1.807) is 66.7 Å². The van der Waals surface area contributed by atoms with E-state index in [4.69, 9.17) is 18.9 Å². The Labute approximate surface area is 205 Å². The molecule has 0 heterocycles. The number of hydrogen-bond donors (Lipinski definition) is 1. The lowest BCUT2D eigenvalue weighted by Crippen LogP contribution is -2.24. The van der Waals surface area contributed by atoms with E-state index in [0.717, 1.165) is 4.47 Å². The van der Waals surface area contributed by atoms with Crippen LogP contribution in [0.3, 0.4) is 0 Å². The number of hydrazone groups is 1. The summed E-state index contributed by atoms with van der Waals surface area (Å²) in [6.07, 6.45) is 1.38. The van der Waals surface area contributed by atoms with Crippen LogP contribution in [0.2, 0.25) is 0 Å². The maximum atomic E-state index is 12.6. The lowest BCUT2D eigenvalue weighted by molar-refractivity contribution is -0.123. The molecule has 0 spiro atoms. The van der Waals surface area contributed by atoms with Crippen molar-refractivity contribution in [1.29, 1.82) is 0 Å². The minimum Gasteiger partial charge on any atom is -0.494 e. The Balaban J connectivity index is 1.61. The number of amides is 1. The van der Waals surface area contributed by atoms with E-state index >= 15 is 0 Å². The summed E-state index contributed by atoms with van der Waals surface area (Å²) >= 11 is 3.38. The fourth-order valence-corrected chi connectivity index (χ4v) is 3.19. The molecule has 9 heteroatoms. The molecule has 0 radical (unpaired) electrons. The quantitative estimate of drug-likeness (QED) is 0.179. The number of benzene rings is 3. The maximum absolute atomic E-state index is 12.6. The largest absolute Gasteiger partial charge is 0.494 e. The van der Waals surface area contributed by atoms with Crippen molar-refractivity contribution in [2.24, 2.45) is 5.10 Å². The topological polar surface area (TPSA) is 95.5 Å². The van der Waals surface area contributed by atoms with Crippen molar-refractivity contribution < 1.29 is 28.5 Å². The highest BCUT2D eigenvalue weighted by Crippen LogP contribution is 2.26. The first-order valence-corrected chi connectivity index (χ1v) is 11.1. The van der Waals surface area contributed by atoms with Crippen LogP contribution < -0.4 is 24.4 Å². The minimum atomic E-state index is -0.533. The molecule has 176 valence electrons. The number of carbonyl (C=O) groups is 2. The van der Waals surface area contributed by atoms with Gasteiger partial charge in [-0.25, -0.2) is 10.2 Å². The van der Waals surface area contributed by atoms with Gasteiger partial charge in [0.05, 0.1) is 25.5 Å². The molecule has 3 aromatic carbocycles. The normalized spacial score (nSPS) is 10.6. The van der Waals surface area contributed by atoms with E-state index in [1.807, 2.05) is 6.92 Å². The lowest BCUT2D eigenvalue weighted by atomic mass is 10.2. The van der Waals surface area contributed by atoms with Crippen LogP contribution in [0.25, 0.3) is 0 Å². The van der Waals surface area contributed by atoms with Crippen molar-refractivity contribution in [3.8, 4) is 23.0 Å². The van der Waals surface area contributed by atoms with E-state index in [-0.39, 0.29) is 12.4 Å². The van der Waals surface area contributed by atoms with E-state index in [2.05, 4.69) is 26.5 Å². The van der Waals surface area contributed by atoms with Crippen LogP contribution >= 0.6 is 15.9 Å². The van der Waals surface area contributed by atoms with Gasteiger partial charge in [-0.15, -0.1) is 0 Å². The third-order valence-electron chi connectivity index (χ3n) is 4.40. The Hall–Kier alpha value is -3.85. The first-order chi connectivity index (χ1) is 16.5. The van der Waals surface area contributed by atoms with E-state index in [1.165, 1.54) is 13.3 Å². The molecule has 0 fully saturated rings. The maximum Gasteiger partial charge on any atom is 0.343 e. The molecule has 0 saturated carbocycles. The summed E-state index contributed by atoms with van der Waals surface area (Å²) in [6, 6.07) is 18.7. The van der Waals surface area contributed by atoms with Crippen LogP contribution in [0.4, 0.5) is 0 Å². The number of para-hydroxylation sites is 2. The summed E-state index contributed by atoms with van der Waals surface area (Å²) in [7, 11) is 1.52. The highest BCUT2D eigenvalue weighted by atomic mass is 79.9. The van der Waals surface area contributed by atoms with Crippen molar-refractivity contribution >= 4 is 34.0 Å². The fraction of sp³-hybridized carbons (Fsp3) is 0.160. The molecular weight excluding hydrogens is 504 g/mol. The third kappa shape index (κ3) is 7.08. The first kappa shape index (κ1) is 24.8. The molecule has 0 unspecified atom stereocenters. The van der Waals surface area contributed by atoms with Crippen LogP contribution in [0.15, 0.2) is 76.3 Å². The summed E-state index contributed by atoms with van der Waals surface area (Å²) in [5, 5.41) is 3.95. The van der Waals surface area contributed by atoms with Gasteiger partial charge in [-0.3, -0.25) is 4.79 Å². The van der Waals surface area contributed by atoms with Crippen molar-refractivity contribution in [3.63, 3.8) is 0 Å². The van der Waals surface area contributed by atoms with E-state index in [9.17, 15) is 9.59 Å². The Morgan fingerprint density at radius 2 is 1.71 bits per heavy atom. The summed E-state index contributed by atoms with van der Waals surface area (Å²) < 4.78 is 22.3. The smallest absolute Gasteiger partial charge is 0.343 e. The summed E-state index contributed by atoms with van der Waals surface area (Å²) in [5.74, 6) is 0.914. The number of nitrogens with zero attached hydrogens (tertiary/aromatic N) is 1. The monoisotopic (exact) mass is 526 g/mol. The second-order valence-electron chi connectivity index (χ2n) is 6.76. The van der Waals surface area contributed by atoms with Crippen molar-refractivity contribution in [1.82, 2.24) is 5.43 Å². The summed E-state index contributed by atoms with van der Waals surface area (Å²) in [6.45, 7) is 2.17. The Bertz CT molecular complexity index is 1160. The number of hydrogen-bond acceptors (Lipinski definition) is 7. The van der Waals surface area contributed by atoms with Gasteiger partial charge in [0.2, 0.25) is 0 Å². The number of rotatable bonds is 10. The second-order valence-corrected chi connectivity index (χ2v) is 7.68. The first-order valence-electron chi connectivity index (χ1n) is 10.3. The number of carbonyl (C=O) groups excluding carboxylic acids is 2. The van der Waals surface area contributed by atoms with Gasteiger partial charge in [-0.2, -0.15) is 5.10 Å². The molecular formula is C25H23BrN2O6. The number of ether oxygens (including phenoxy) is 4. The zero-order chi connectivity index (χ0) is 24.3. The zero-order valence-electron chi connectivity index (χ0n) is 18.6. The molecule has 8 nitrogen and oxygen atoms in total. The van der Waals surface area contributed by atoms with Gasteiger partial charge in [0.25, 0.3) is 5.91 Å². The molecule has 0 atom stereocenters. The highest BCUT2D eigenvalue weighted by Gasteiger charge is 2.12. The van der Waals surface area contributed by atoms with Gasteiger partial charge >= 0.3 is 5.97 Å². The van der Waals surface area contributed by atoms with Crippen molar-refractivity contribution in [2.45, 2.75) is 6.92 Å². The number of nitrogens with one attached hydrogen (secondary N) is 1. The van der Waals surface area contributed by atoms with Gasteiger partial charge in [0.15, 0.2) is 18.1 Å². The zero-order valence-corrected chi connectivity index (χ0v) is 20.2. The molecule has 3 aromatic rings. The highest BCUT2D eigenvalue weighted by molar-refractivity contribution is 9.10. The molecule has 3 rings (SSSR count). The Kier molecular flexibility index (Phi) is 9.04. The molecule has 0 aliphatic rings. The van der Waals surface area contributed by atoms with Gasteiger partial charge < -0.3 is 18.9 Å².